The van der Waals surface area contributed by atoms with Gasteiger partial charge in [0.15, 0.2) is 5.60 Å². The molecule has 100 valence electrons. The van der Waals surface area contributed by atoms with Crippen molar-refractivity contribution in [2.45, 2.75) is 19.4 Å². The van der Waals surface area contributed by atoms with Crippen LogP contribution in [0.5, 0.6) is 0 Å². The van der Waals surface area contributed by atoms with Crippen LogP contribution in [0, 0.1) is 6.92 Å². The molecule has 1 heterocycles. The van der Waals surface area contributed by atoms with Gasteiger partial charge in [0.25, 0.3) is 11.8 Å². The zero-order chi connectivity index (χ0) is 14.4. The molecule has 1 aromatic carbocycles. The molecule has 0 fully saturated rings. The number of carboxylic acids is 1. The zero-order valence-electron chi connectivity index (χ0n) is 10.5. The molecule has 0 bridgehead atoms. The minimum Gasteiger partial charge on any atom is -0.479 e. The van der Waals surface area contributed by atoms with Crippen molar-refractivity contribution in [3.05, 3.63) is 34.9 Å². The molecule has 1 aliphatic heterocycles. The SMILES string of the molecule is Cc1ccc2c(c1)C(=O)N(CC(C)(O)C(=O)O)C2=O. The summed E-state index contributed by atoms with van der Waals surface area (Å²) in [6, 6.07) is 4.80. The summed E-state index contributed by atoms with van der Waals surface area (Å²) in [4.78, 5) is 35.7. The van der Waals surface area contributed by atoms with Gasteiger partial charge in [-0.25, -0.2) is 4.79 Å². The van der Waals surface area contributed by atoms with E-state index in [1.807, 2.05) is 0 Å². The number of hydrogen-bond acceptors (Lipinski definition) is 4. The molecule has 19 heavy (non-hydrogen) atoms. The maximum absolute atomic E-state index is 12.1. The molecular formula is C13H13NO5. The van der Waals surface area contributed by atoms with Crippen LogP contribution in [0.15, 0.2) is 18.2 Å². The first-order valence-electron chi connectivity index (χ1n) is 5.66. The van der Waals surface area contributed by atoms with E-state index < -0.39 is 29.9 Å². The minimum absolute atomic E-state index is 0.233. The number of carbonyl (C=O) groups is 3. The number of carbonyl (C=O) groups excluding carboxylic acids is 2. The van der Waals surface area contributed by atoms with Crippen molar-refractivity contribution in [3.63, 3.8) is 0 Å². The van der Waals surface area contributed by atoms with Crippen LogP contribution in [0.1, 0.15) is 33.2 Å². The largest absolute Gasteiger partial charge is 0.479 e. The number of benzene rings is 1. The highest BCUT2D eigenvalue weighted by Gasteiger charge is 2.42. The van der Waals surface area contributed by atoms with E-state index in [0.29, 0.717) is 0 Å². The number of aliphatic hydroxyl groups is 1. The Hall–Kier alpha value is -2.21. The van der Waals surface area contributed by atoms with Crippen LogP contribution >= 0.6 is 0 Å². The molecular weight excluding hydrogens is 250 g/mol. The summed E-state index contributed by atoms with van der Waals surface area (Å²) >= 11 is 0. The van der Waals surface area contributed by atoms with Crippen LogP contribution in [0.4, 0.5) is 0 Å². The number of aryl methyl sites for hydroxylation is 1. The second-order valence-corrected chi connectivity index (χ2v) is 4.82. The number of amides is 2. The maximum atomic E-state index is 12.1. The predicted octanol–water partition coefficient (Wildman–Crippen LogP) is 0.427. The quantitative estimate of drug-likeness (QED) is 0.771. The Bertz CT molecular complexity index is 591. The van der Waals surface area contributed by atoms with Crippen molar-refractivity contribution in [1.82, 2.24) is 4.90 Å². The third kappa shape index (κ3) is 2.10. The predicted molar refractivity (Wildman–Crippen MR) is 64.8 cm³/mol. The zero-order valence-corrected chi connectivity index (χ0v) is 10.5. The standard InChI is InChI=1S/C13H13NO5/c1-7-3-4-8-9(5-7)11(16)14(10(8)15)6-13(2,19)12(17)18/h3-5,19H,6H2,1-2H3,(H,17,18). The van der Waals surface area contributed by atoms with Crippen LogP contribution in [0.2, 0.25) is 0 Å². The van der Waals surface area contributed by atoms with Crippen LogP contribution < -0.4 is 0 Å². The van der Waals surface area contributed by atoms with E-state index in [9.17, 15) is 19.5 Å². The fourth-order valence-corrected chi connectivity index (χ4v) is 1.92. The summed E-state index contributed by atoms with van der Waals surface area (Å²) in [5.41, 5.74) is -0.864. The van der Waals surface area contributed by atoms with Crippen LogP contribution in [-0.4, -0.2) is 45.0 Å². The number of carboxylic acid groups (broad SMARTS) is 1. The van der Waals surface area contributed by atoms with Crippen molar-refractivity contribution >= 4 is 17.8 Å². The molecule has 1 aromatic rings. The topological polar surface area (TPSA) is 94.9 Å². The van der Waals surface area contributed by atoms with Gasteiger partial charge in [-0.05, 0) is 26.0 Å². The van der Waals surface area contributed by atoms with Crippen LogP contribution in [-0.2, 0) is 4.79 Å². The van der Waals surface area contributed by atoms with Crippen LogP contribution in [0.3, 0.4) is 0 Å². The fraction of sp³-hybridized carbons (Fsp3) is 0.308. The first kappa shape index (κ1) is 13.2. The Labute approximate surface area is 109 Å². The first-order chi connectivity index (χ1) is 8.74. The normalized spacial score (nSPS) is 17.3. The molecule has 1 unspecified atom stereocenters. The van der Waals surface area contributed by atoms with Crippen LogP contribution in [0.25, 0.3) is 0 Å². The summed E-state index contributed by atoms with van der Waals surface area (Å²) in [6.07, 6.45) is 0. The van der Waals surface area contributed by atoms with Crippen molar-refractivity contribution in [3.8, 4) is 0 Å². The molecule has 0 aromatic heterocycles. The summed E-state index contributed by atoms with van der Waals surface area (Å²) in [7, 11) is 0. The van der Waals surface area contributed by atoms with Gasteiger partial charge < -0.3 is 10.2 Å². The molecule has 6 nitrogen and oxygen atoms in total. The molecule has 0 aliphatic carbocycles. The summed E-state index contributed by atoms with van der Waals surface area (Å²) < 4.78 is 0. The third-order valence-corrected chi connectivity index (χ3v) is 3.05. The lowest BCUT2D eigenvalue weighted by Crippen LogP contribution is -2.48. The van der Waals surface area contributed by atoms with Gasteiger partial charge in [-0.15, -0.1) is 0 Å². The van der Waals surface area contributed by atoms with Gasteiger partial charge in [-0.2, -0.15) is 0 Å². The second kappa shape index (κ2) is 4.17. The summed E-state index contributed by atoms with van der Waals surface area (Å²) in [5.74, 6) is -2.65. The number of hydrogen-bond donors (Lipinski definition) is 2. The lowest BCUT2D eigenvalue weighted by atomic mass is 10.1. The van der Waals surface area contributed by atoms with E-state index in [-0.39, 0.29) is 11.1 Å². The van der Waals surface area contributed by atoms with Crippen molar-refractivity contribution in [2.24, 2.45) is 0 Å². The number of nitrogens with zero attached hydrogens (tertiary/aromatic N) is 1. The molecule has 0 saturated heterocycles. The number of β-amino-alcohol motifs (C(OH)–C–C–N with tert-alkyl or cyclic N) is 1. The Morgan fingerprint density at radius 3 is 2.42 bits per heavy atom. The van der Waals surface area contributed by atoms with E-state index >= 15 is 0 Å². The Kier molecular flexibility index (Phi) is 2.90. The molecule has 6 heteroatoms. The summed E-state index contributed by atoms with van der Waals surface area (Å²) in [6.45, 7) is 2.26. The lowest BCUT2D eigenvalue weighted by Gasteiger charge is -2.23. The molecule has 2 N–H and O–H groups in total. The average Bonchev–Trinajstić information content (AvgIpc) is 2.54. The fourth-order valence-electron chi connectivity index (χ4n) is 1.92. The monoisotopic (exact) mass is 263 g/mol. The Morgan fingerprint density at radius 1 is 1.26 bits per heavy atom. The van der Waals surface area contributed by atoms with Crippen molar-refractivity contribution < 1.29 is 24.6 Å². The van der Waals surface area contributed by atoms with Gasteiger partial charge in [0.1, 0.15) is 0 Å². The van der Waals surface area contributed by atoms with Crippen molar-refractivity contribution in [2.75, 3.05) is 6.54 Å². The number of fused-ring (bicyclic) bond motifs is 1. The summed E-state index contributed by atoms with van der Waals surface area (Å²) in [5, 5.41) is 18.5. The molecule has 2 rings (SSSR count). The molecule has 0 spiro atoms. The van der Waals surface area contributed by atoms with E-state index in [4.69, 9.17) is 5.11 Å². The smallest absolute Gasteiger partial charge is 0.337 e. The van der Waals surface area contributed by atoms with Gasteiger partial charge >= 0.3 is 5.97 Å². The number of aliphatic carboxylic acids is 1. The van der Waals surface area contributed by atoms with Gasteiger partial charge in [0.2, 0.25) is 0 Å². The molecule has 0 saturated carbocycles. The average molecular weight is 263 g/mol. The minimum atomic E-state index is -2.16. The number of imide groups is 1. The van der Waals surface area contributed by atoms with Gasteiger partial charge in [-0.3, -0.25) is 14.5 Å². The third-order valence-electron chi connectivity index (χ3n) is 3.05. The van der Waals surface area contributed by atoms with Crippen molar-refractivity contribution in [1.29, 1.82) is 0 Å². The van der Waals surface area contributed by atoms with E-state index in [0.717, 1.165) is 17.4 Å². The highest BCUT2D eigenvalue weighted by molar-refractivity contribution is 6.21. The molecule has 1 aliphatic rings. The maximum Gasteiger partial charge on any atom is 0.337 e. The second-order valence-electron chi connectivity index (χ2n) is 4.82. The highest BCUT2D eigenvalue weighted by atomic mass is 16.4. The van der Waals surface area contributed by atoms with E-state index in [1.54, 1.807) is 19.1 Å². The van der Waals surface area contributed by atoms with Gasteiger partial charge in [0.05, 0.1) is 17.7 Å². The molecule has 1 atom stereocenters. The first-order valence-corrected chi connectivity index (χ1v) is 5.66. The van der Waals surface area contributed by atoms with Gasteiger partial charge in [-0.1, -0.05) is 11.6 Å². The molecule has 2 amide bonds. The lowest BCUT2D eigenvalue weighted by molar-refractivity contribution is -0.157. The number of rotatable bonds is 3. The molecule has 0 radical (unpaired) electrons. The van der Waals surface area contributed by atoms with E-state index in [2.05, 4.69) is 0 Å². The highest BCUT2D eigenvalue weighted by Crippen LogP contribution is 2.25. The van der Waals surface area contributed by atoms with Gasteiger partial charge in [0, 0.05) is 0 Å². The Balaban J connectivity index is 2.36. The van der Waals surface area contributed by atoms with E-state index in [1.165, 1.54) is 6.07 Å². The Morgan fingerprint density at radius 2 is 1.84 bits per heavy atom.